The van der Waals surface area contributed by atoms with Gasteiger partial charge in [0.2, 0.25) is 0 Å². The van der Waals surface area contributed by atoms with E-state index in [1.165, 1.54) is 0 Å². The minimum absolute atomic E-state index is 0.663. The molecule has 1 saturated heterocycles. The van der Waals surface area contributed by atoms with Crippen LogP contribution in [0.25, 0.3) is 0 Å². The Kier molecular flexibility index (Phi) is 5.50. The summed E-state index contributed by atoms with van der Waals surface area (Å²) in [7, 11) is 1.91. The molecule has 0 saturated carbocycles. The molecule has 1 aromatic carbocycles. The summed E-state index contributed by atoms with van der Waals surface area (Å²) in [6, 6.07) is 12.3. The van der Waals surface area contributed by atoms with Gasteiger partial charge in [0.05, 0.1) is 6.54 Å². The number of benzene rings is 1. The van der Waals surface area contributed by atoms with Gasteiger partial charge >= 0.3 is 0 Å². The van der Waals surface area contributed by atoms with Crippen molar-refractivity contribution in [1.82, 2.24) is 14.5 Å². The summed E-state index contributed by atoms with van der Waals surface area (Å²) in [5.74, 6) is 2.75. The van der Waals surface area contributed by atoms with Gasteiger partial charge in [0.1, 0.15) is 23.4 Å². The van der Waals surface area contributed by atoms with Gasteiger partial charge in [0.15, 0.2) is 0 Å². The van der Waals surface area contributed by atoms with Crippen molar-refractivity contribution in [1.29, 1.82) is 0 Å². The number of nitrogens with zero attached hydrogens (tertiary/aromatic N) is 4. The minimum atomic E-state index is -0.732. The zero-order chi connectivity index (χ0) is 19.5. The van der Waals surface area contributed by atoms with Gasteiger partial charge in [-0.2, -0.15) is 0 Å². The zero-order valence-corrected chi connectivity index (χ0v) is 16.6. The molecule has 1 unspecified atom stereocenters. The lowest BCUT2D eigenvalue weighted by molar-refractivity contribution is 0.205. The summed E-state index contributed by atoms with van der Waals surface area (Å²) in [5, 5.41) is 10.9. The number of hydrogen-bond donors (Lipinski definition) is 1. The summed E-state index contributed by atoms with van der Waals surface area (Å²) in [6.45, 7) is 6.74. The smallest absolute Gasteiger partial charge is 0.142 e. The maximum atomic E-state index is 10.9. The molecule has 2 aromatic heterocycles. The zero-order valence-electron chi connectivity index (χ0n) is 16.6. The van der Waals surface area contributed by atoms with Crippen LogP contribution in [0.2, 0.25) is 0 Å². The number of aliphatic hydroxyl groups is 1. The fourth-order valence-corrected chi connectivity index (χ4v) is 3.85. The number of aromatic nitrogens is 2. The Morgan fingerprint density at radius 1 is 1.07 bits per heavy atom. The van der Waals surface area contributed by atoms with Crippen LogP contribution in [0.5, 0.6) is 0 Å². The maximum Gasteiger partial charge on any atom is 0.142 e. The Labute approximate surface area is 166 Å². The standard InChI is InChI=1S/C22H28N4O2/c1-3-17-8-9-18(28-17)16-25-12-14-26(15-13-25)20-7-5-4-6-19(20)21(27)22-23-10-11-24(22)2/h4-11,21,27H,3,12-16H2,1-2H3. The molecule has 1 N–H and O–H groups in total. The second kappa shape index (κ2) is 8.20. The summed E-state index contributed by atoms with van der Waals surface area (Å²) >= 11 is 0. The molecule has 3 heterocycles. The second-order valence-corrected chi connectivity index (χ2v) is 7.34. The van der Waals surface area contributed by atoms with Gasteiger partial charge in [-0.05, 0) is 18.2 Å². The second-order valence-electron chi connectivity index (χ2n) is 7.34. The average Bonchev–Trinajstić information content (AvgIpc) is 3.37. The van der Waals surface area contributed by atoms with E-state index in [1.54, 1.807) is 6.20 Å². The number of aliphatic hydroxyl groups excluding tert-OH is 1. The van der Waals surface area contributed by atoms with Crippen molar-refractivity contribution in [2.24, 2.45) is 7.05 Å². The largest absolute Gasteiger partial charge is 0.465 e. The van der Waals surface area contributed by atoms with Crippen LogP contribution in [-0.4, -0.2) is 45.7 Å². The molecule has 6 heteroatoms. The molecule has 1 aliphatic heterocycles. The number of piperazine rings is 1. The van der Waals surface area contributed by atoms with E-state index in [9.17, 15) is 5.11 Å². The van der Waals surface area contributed by atoms with E-state index in [2.05, 4.69) is 39.9 Å². The Hall–Kier alpha value is -2.57. The third-order valence-corrected chi connectivity index (χ3v) is 5.49. The highest BCUT2D eigenvalue weighted by Crippen LogP contribution is 2.30. The first-order valence-electron chi connectivity index (χ1n) is 9.94. The molecule has 148 valence electrons. The van der Waals surface area contributed by atoms with Gasteiger partial charge in [-0.1, -0.05) is 25.1 Å². The fourth-order valence-electron chi connectivity index (χ4n) is 3.85. The van der Waals surface area contributed by atoms with E-state index >= 15 is 0 Å². The van der Waals surface area contributed by atoms with Crippen LogP contribution in [0.4, 0.5) is 5.69 Å². The summed E-state index contributed by atoms with van der Waals surface area (Å²) in [4.78, 5) is 9.10. The molecule has 0 bridgehead atoms. The van der Waals surface area contributed by atoms with Gasteiger partial charge in [0.25, 0.3) is 0 Å². The van der Waals surface area contributed by atoms with Crippen molar-refractivity contribution < 1.29 is 9.52 Å². The Balaban J connectivity index is 1.44. The van der Waals surface area contributed by atoms with Gasteiger partial charge in [-0.15, -0.1) is 0 Å². The third kappa shape index (κ3) is 3.84. The van der Waals surface area contributed by atoms with Crippen LogP contribution in [0.15, 0.2) is 53.2 Å². The van der Waals surface area contributed by atoms with E-state index < -0.39 is 6.10 Å². The lowest BCUT2D eigenvalue weighted by atomic mass is 10.0. The van der Waals surface area contributed by atoms with E-state index in [1.807, 2.05) is 36.0 Å². The molecule has 0 aliphatic carbocycles. The molecular weight excluding hydrogens is 352 g/mol. The Morgan fingerprint density at radius 2 is 1.82 bits per heavy atom. The Bertz CT molecular complexity index is 909. The van der Waals surface area contributed by atoms with E-state index in [-0.39, 0.29) is 0 Å². The van der Waals surface area contributed by atoms with Gasteiger partial charge in [-0.3, -0.25) is 4.90 Å². The monoisotopic (exact) mass is 380 g/mol. The first kappa shape index (κ1) is 18.8. The highest BCUT2D eigenvalue weighted by Gasteiger charge is 2.24. The molecule has 0 amide bonds. The third-order valence-electron chi connectivity index (χ3n) is 5.49. The van der Waals surface area contributed by atoms with Crippen LogP contribution in [0.3, 0.4) is 0 Å². The van der Waals surface area contributed by atoms with Crippen molar-refractivity contribution in [2.75, 3.05) is 31.1 Å². The van der Waals surface area contributed by atoms with Gasteiger partial charge in [-0.25, -0.2) is 4.98 Å². The summed E-state index contributed by atoms with van der Waals surface area (Å²) in [5.41, 5.74) is 1.99. The lowest BCUT2D eigenvalue weighted by Crippen LogP contribution is -2.46. The van der Waals surface area contributed by atoms with E-state index in [0.29, 0.717) is 5.82 Å². The number of aryl methyl sites for hydroxylation is 2. The van der Waals surface area contributed by atoms with Crippen molar-refractivity contribution in [3.63, 3.8) is 0 Å². The first-order valence-corrected chi connectivity index (χ1v) is 9.94. The van der Waals surface area contributed by atoms with E-state index in [4.69, 9.17) is 4.42 Å². The fraction of sp³-hybridized carbons (Fsp3) is 0.409. The molecule has 1 atom stereocenters. The number of furan rings is 1. The number of imidazole rings is 1. The SMILES string of the molecule is CCc1ccc(CN2CCN(c3ccccc3C(O)c3nccn3C)CC2)o1. The maximum absolute atomic E-state index is 10.9. The first-order chi connectivity index (χ1) is 13.7. The predicted octanol–water partition coefficient (Wildman–Crippen LogP) is 2.98. The van der Waals surface area contributed by atoms with Crippen LogP contribution in [0.1, 0.15) is 35.9 Å². The number of anilines is 1. The molecule has 0 spiro atoms. The normalized spacial score (nSPS) is 16.5. The molecule has 4 rings (SSSR count). The van der Waals surface area contributed by atoms with Gasteiger partial charge in [0, 0.05) is 63.3 Å². The van der Waals surface area contributed by atoms with Crippen LogP contribution < -0.4 is 4.90 Å². The number of para-hydroxylation sites is 1. The van der Waals surface area contributed by atoms with Crippen molar-refractivity contribution in [3.8, 4) is 0 Å². The lowest BCUT2D eigenvalue weighted by Gasteiger charge is -2.37. The summed E-state index contributed by atoms with van der Waals surface area (Å²) < 4.78 is 7.72. The van der Waals surface area contributed by atoms with E-state index in [0.717, 1.165) is 61.9 Å². The molecular formula is C22H28N4O2. The Morgan fingerprint density at radius 3 is 2.50 bits per heavy atom. The van der Waals surface area contributed by atoms with Gasteiger partial charge < -0.3 is 19.0 Å². The summed E-state index contributed by atoms with van der Waals surface area (Å²) in [6.07, 6.45) is 3.78. The van der Waals surface area contributed by atoms with Crippen molar-refractivity contribution >= 4 is 5.69 Å². The number of rotatable bonds is 6. The predicted molar refractivity (Wildman–Crippen MR) is 109 cm³/mol. The molecule has 0 radical (unpaired) electrons. The van der Waals surface area contributed by atoms with Crippen LogP contribution in [-0.2, 0) is 20.0 Å². The van der Waals surface area contributed by atoms with Crippen molar-refractivity contribution in [2.45, 2.75) is 26.0 Å². The topological polar surface area (TPSA) is 57.7 Å². The molecule has 6 nitrogen and oxygen atoms in total. The molecule has 1 fully saturated rings. The number of hydrogen-bond acceptors (Lipinski definition) is 5. The van der Waals surface area contributed by atoms with Crippen LogP contribution in [0, 0.1) is 0 Å². The molecule has 1 aliphatic rings. The highest BCUT2D eigenvalue weighted by atomic mass is 16.3. The highest BCUT2D eigenvalue weighted by molar-refractivity contribution is 5.56. The quantitative estimate of drug-likeness (QED) is 0.712. The van der Waals surface area contributed by atoms with Crippen LogP contribution >= 0.6 is 0 Å². The molecule has 28 heavy (non-hydrogen) atoms. The molecule has 3 aromatic rings. The minimum Gasteiger partial charge on any atom is -0.465 e. The van der Waals surface area contributed by atoms with Crippen molar-refractivity contribution in [3.05, 3.63) is 71.7 Å². The average molecular weight is 380 g/mol.